The monoisotopic (exact) mass is 404 g/mol. The largest absolute Gasteiger partial charge is 0.472 e. The average molecular weight is 404 g/mol. The van der Waals surface area contributed by atoms with Gasteiger partial charge in [0.1, 0.15) is 11.8 Å². The lowest BCUT2D eigenvalue weighted by Gasteiger charge is -2.42. The van der Waals surface area contributed by atoms with Crippen LogP contribution in [0, 0.1) is 13.8 Å². The summed E-state index contributed by atoms with van der Waals surface area (Å²) in [4.78, 5) is 40.0. The number of nitrogens with zero attached hydrogens (tertiary/aromatic N) is 2. The Hall–Kier alpha value is -3.23. The molecule has 156 valence electrons. The molecule has 1 saturated heterocycles. The average Bonchev–Trinajstić information content (AvgIpc) is 3.08. The molecular formula is C20H24N2O7. The van der Waals surface area contributed by atoms with E-state index in [1.54, 1.807) is 13.0 Å². The molecule has 0 aliphatic carbocycles. The third-order valence-electron chi connectivity index (χ3n) is 5.02. The van der Waals surface area contributed by atoms with Gasteiger partial charge in [0.15, 0.2) is 0 Å². The first-order chi connectivity index (χ1) is 13.8. The van der Waals surface area contributed by atoms with Gasteiger partial charge >= 0.3 is 18.2 Å². The quantitative estimate of drug-likeness (QED) is 0.425. The summed E-state index contributed by atoms with van der Waals surface area (Å²) in [5, 5.41) is 0. The first-order valence-electron chi connectivity index (χ1n) is 9.21. The topological polar surface area (TPSA) is 94.6 Å². The summed E-state index contributed by atoms with van der Waals surface area (Å²) < 4.78 is 20.8. The molecule has 0 radical (unpaired) electrons. The molecule has 3 rings (SSSR count). The van der Waals surface area contributed by atoms with Crippen LogP contribution in [0.4, 0.5) is 21.0 Å². The Labute approximate surface area is 168 Å². The van der Waals surface area contributed by atoms with Crippen molar-refractivity contribution in [3.05, 3.63) is 35.1 Å². The summed E-state index contributed by atoms with van der Waals surface area (Å²) in [5.41, 5.74) is 2.85. The van der Waals surface area contributed by atoms with Crippen LogP contribution in [0.15, 0.2) is 24.0 Å². The highest BCUT2D eigenvalue weighted by Gasteiger charge is 2.51. The lowest BCUT2D eigenvalue weighted by atomic mass is 10.00. The number of ether oxygens (including phenoxy) is 4. The molecule has 2 aliphatic rings. The Morgan fingerprint density at radius 2 is 1.62 bits per heavy atom. The van der Waals surface area contributed by atoms with Crippen LogP contribution >= 0.6 is 0 Å². The summed E-state index contributed by atoms with van der Waals surface area (Å²) >= 11 is 0. The second-order valence-corrected chi connectivity index (χ2v) is 6.75. The van der Waals surface area contributed by atoms with Gasteiger partial charge in [-0.15, -0.1) is 0 Å². The molecule has 0 N–H and O–H groups in total. The molecule has 2 atom stereocenters. The van der Waals surface area contributed by atoms with Crippen LogP contribution in [0.2, 0.25) is 0 Å². The molecule has 1 aromatic rings. The fourth-order valence-corrected chi connectivity index (χ4v) is 3.56. The predicted octanol–water partition coefficient (Wildman–Crippen LogP) is 3.02. The molecule has 1 fully saturated rings. The van der Waals surface area contributed by atoms with Crippen LogP contribution in [0.25, 0.3) is 0 Å². The Morgan fingerprint density at radius 1 is 1.07 bits per heavy atom. The fourth-order valence-electron chi connectivity index (χ4n) is 3.56. The molecule has 0 spiro atoms. The fraction of sp³-hybridized carbons (Fsp3) is 0.450. The number of hydrogen-bond donors (Lipinski definition) is 0. The van der Waals surface area contributed by atoms with E-state index in [0.29, 0.717) is 17.1 Å². The predicted molar refractivity (Wildman–Crippen MR) is 104 cm³/mol. The van der Waals surface area contributed by atoms with E-state index >= 15 is 0 Å². The summed E-state index contributed by atoms with van der Waals surface area (Å²) in [5.74, 6) is -0.248. The third kappa shape index (κ3) is 3.59. The Kier molecular flexibility index (Phi) is 5.67. The van der Waals surface area contributed by atoms with Gasteiger partial charge < -0.3 is 18.9 Å². The van der Waals surface area contributed by atoms with Crippen LogP contribution in [0.3, 0.4) is 0 Å². The minimum atomic E-state index is -0.878. The van der Waals surface area contributed by atoms with Crippen molar-refractivity contribution in [1.29, 1.82) is 0 Å². The first-order valence-corrected chi connectivity index (χ1v) is 9.21. The van der Waals surface area contributed by atoms with Crippen molar-refractivity contribution in [2.75, 3.05) is 30.6 Å². The lowest BCUT2D eigenvalue weighted by molar-refractivity contribution is -0.137. The van der Waals surface area contributed by atoms with E-state index in [1.807, 2.05) is 19.9 Å². The Balaban J connectivity index is 2.14. The maximum atomic E-state index is 12.6. The van der Waals surface area contributed by atoms with E-state index in [2.05, 4.69) is 0 Å². The smallest absolute Gasteiger partial charge is 0.417 e. The van der Waals surface area contributed by atoms with E-state index in [-0.39, 0.29) is 13.0 Å². The van der Waals surface area contributed by atoms with Crippen molar-refractivity contribution in [1.82, 2.24) is 0 Å². The summed E-state index contributed by atoms with van der Waals surface area (Å²) in [7, 11) is 2.56. The number of aryl methyl sites for hydroxylation is 2. The number of carbonyl (C=O) groups excluding carboxylic acids is 3. The van der Waals surface area contributed by atoms with E-state index in [0.717, 1.165) is 11.1 Å². The van der Waals surface area contributed by atoms with Crippen LogP contribution in [-0.2, 0) is 23.7 Å². The van der Waals surface area contributed by atoms with E-state index in [4.69, 9.17) is 18.9 Å². The summed E-state index contributed by atoms with van der Waals surface area (Å²) in [6, 6.07) is 3.02. The molecule has 2 heterocycles. The van der Waals surface area contributed by atoms with E-state index in [9.17, 15) is 14.4 Å². The minimum absolute atomic E-state index is 0.207. The maximum Gasteiger partial charge on any atom is 0.417 e. The molecule has 1 aromatic carbocycles. The minimum Gasteiger partial charge on any atom is -0.472 e. The van der Waals surface area contributed by atoms with E-state index < -0.39 is 30.4 Å². The Morgan fingerprint density at radius 3 is 2.17 bits per heavy atom. The molecular weight excluding hydrogens is 380 g/mol. The van der Waals surface area contributed by atoms with Crippen molar-refractivity contribution in [2.24, 2.45) is 0 Å². The number of anilines is 2. The molecule has 2 aliphatic heterocycles. The molecule has 2 amide bonds. The third-order valence-corrected chi connectivity index (χ3v) is 5.02. The van der Waals surface area contributed by atoms with Gasteiger partial charge in [-0.1, -0.05) is 0 Å². The highest BCUT2D eigenvalue weighted by atomic mass is 16.6. The molecule has 29 heavy (non-hydrogen) atoms. The van der Waals surface area contributed by atoms with Crippen molar-refractivity contribution < 1.29 is 33.3 Å². The maximum absolute atomic E-state index is 12.6. The van der Waals surface area contributed by atoms with Crippen molar-refractivity contribution >= 4 is 29.5 Å². The number of fused-ring (bicyclic) bond motifs is 2. The number of carbonyl (C=O) groups is 3. The highest BCUT2D eigenvalue weighted by Crippen LogP contribution is 2.46. The van der Waals surface area contributed by atoms with Crippen LogP contribution in [0.1, 0.15) is 24.5 Å². The number of hydrogen-bond acceptors (Lipinski definition) is 7. The summed E-state index contributed by atoms with van der Waals surface area (Å²) in [6.45, 7) is 5.74. The Bertz CT molecular complexity index is 821. The number of methoxy groups -OCH3 is 2. The number of rotatable bonds is 2. The zero-order valence-corrected chi connectivity index (χ0v) is 17.1. The first kappa shape index (κ1) is 20.5. The second kappa shape index (κ2) is 8.02. The van der Waals surface area contributed by atoms with Gasteiger partial charge in [0.05, 0.1) is 38.3 Å². The molecule has 0 bridgehead atoms. The normalized spacial score (nSPS) is 21.2. The molecule has 9 heteroatoms. The van der Waals surface area contributed by atoms with E-state index in [1.165, 1.54) is 30.1 Å². The van der Waals surface area contributed by atoms with Gasteiger partial charge in [0.25, 0.3) is 0 Å². The number of benzene rings is 1. The van der Waals surface area contributed by atoms with Crippen LogP contribution in [0.5, 0.6) is 0 Å². The highest BCUT2D eigenvalue weighted by molar-refractivity contribution is 6.02. The van der Waals surface area contributed by atoms with Crippen molar-refractivity contribution in [2.45, 2.75) is 39.5 Å². The van der Waals surface area contributed by atoms with Crippen LogP contribution < -0.4 is 9.80 Å². The molecule has 0 saturated carbocycles. The van der Waals surface area contributed by atoms with Gasteiger partial charge in [-0.25, -0.2) is 19.3 Å². The zero-order chi connectivity index (χ0) is 21.3. The van der Waals surface area contributed by atoms with Gasteiger partial charge in [-0.3, -0.25) is 4.90 Å². The molecule has 0 unspecified atom stereocenters. The number of amides is 2. The second-order valence-electron chi connectivity index (χ2n) is 6.75. The standard InChI is InChI=1S/C20H24N2O7/c1-6-28-17(23)10-13-9-16-18(29-13)22(20(25)27-5)15-8-12(3)11(2)7-14(15)21(16)19(24)26-4/h7-8,10,16,18H,6,9H2,1-5H3/b13-10+/t16-,18+/m0/s1. The van der Waals surface area contributed by atoms with Gasteiger partial charge in [0, 0.05) is 6.42 Å². The van der Waals surface area contributed by atoms with Gasteiger partial charge in [-0.2, -0.15) is 0 Å². The zero-order valence-electron chi connectivity index (χ0n) is 17.1. The van der Waals surface area contributed by atoms with Gasteiger partial charge in [-0.05, 0) is 44.0 Å². The van der Waals surface area contributed by atoms with Crippen molar-refractivity contribution in [3.63, 3.8) is 0 Å². The lowest BCUT2D eigenvalue weighted by Crippen LogP contribution is -2.58. The van der Waals surface area contributed by atoms with Gasteiger partial charge in [0.2, 0.25) is 6.23 Å². The van der Waals surface area contributed by atoms with Crippen LogP contribution in [-0.4, -0.2) is 51.3 Å². The molecule has 9 nitrogen and oxygen atoms in total. The SMILES string of the molecule is CCOC(=O)/C=C1\C[C@H]2[C@@H](O1)N(C(=O)OC)c1cc(C)c(C)cc1N2C(=O)OC. The van der Waals surface area contributed by atoms with Crippen molar-refractivity contribution in [3.8, 4) is 0 Å². The summed E-state index contributed by atoms with van der Waals surface area (Å²) in [6.07, 6.45) is -0.662. The molecule has 0 aromatic heterocycles. The number of esters is 1.